The van der Waals surface area contributed by atoms with Crippen LogP contribution in [0.25, 0.3) is 11.2 Å². The van der Waals surface area contributed by atoms with Crippen molar-refractivity contribution in [2.45, 2.75) is 6.54 Å². The van der Waals surface area contributed by atoms with E-state index in [0.29, 0.717) is 17.7 Å². The summed E-state index contributed by atoms with van der Waals surface area (Å²) in [5, 5.41) is 0.156. The zero-order valence-corrected chi connectivity index (χ0v) is 12.0. The maximum Gasteiger partial charge on any atom is 0.330 e. The van der Waals surface area contributed by atoms with Gasteiger partial charge in [-0.25, -0.2) is 9.78 Å². The molecular weight excluding hydrogens is 282 g/mol. The fourth-order valence-electron chi connectivity index (χ4n) is 2.42. The average Bonchev–Trinajstić information content (AvgIpc) is 2.70. The Morgan fingerprint density at radius 1 is 1.35 bits per heavy atom. The molecule has 1 fully saturated rings. The summed E-state index contributed by atoms with van der Waals surface area (Å²) < 4.78 is 8.51. The Morgan fingerprint density at radius 2 is 2.10 bits per heavy atom. The lowest BCUT2D eigenvalue weighted by molar-refractivity contribution is 0.0364. The van der Waals surface area contributed by atoms with E-state index in [4.69, 9.17) is 16.3 Å². The monoisotopic (exact) mass is 297 g/mol. The van der Waals surface area contributed by atoms with E-state index < -0.39 is 0 Å². The molecule has 0 aliphatic carbocycles. The number of nitrogens with zero attached hydrogens (tertiary/aromatic N) is 5. The summed E-state index contributed by atoms with van der Waals surface area (Å²) in [6, 6.07) is 0. The number of hydrogen-bond acceptors (Lipinski definition) is 5. The predicted molar refractivity (Wildman–Crippen MR) is 75.0 cm³/mol. The lowest BCUT2D eigenvalue weighted by atomic mass is 10.4. The van der Waals surface area contributed by atoms with Crippen molar-refractivity contribution in [2.24, 2.45) is 7.05 Å². The number of morpholine rings is 1. The zero-order chi connectivity index (χ0) is 14.1. The summed E-state index contributed by atoms with van der Waals surface area (Å²) in [5.41, 5.74) is 1.19. The number of ether oxygens (including phenoxy) is 1. The van der Waals surface area contributed by atoms with Gasteiger partial charge in [0, 0.05) is 33.2 Å². The van der Waals surface area contributed by atoms with Crippen LogP contribution in [0.15, 0.2) is 11.0 Å². The molecule has 2 aromatic rings. The molecule has 1 aliphatic rings. The third-order valence-electron chi connectivity index (χ3n) is 3.60. The molecule has 8 heteroatoms. The number of hydrogen-bond donors (Lipinski definition) is 0. The second-order valence-electron chi connectivity index (χ2n) is 4.80. The average molecular weight is 298 g/mol. The van der Waals surface area contributed by atoms with Gasteiger partial charge in [0.15, 0.2) is 5.65 Å². The Balaban J connectivity index is 1.88. The molecule has 0 bridgehead atoms. The number of fused-ring (bicyclic) bond motifs is 1. The molecule has 0 aromatic carbocycles. The van der Waals surface area contributed by atoms with Gasteiger partial charge in [-0.05, 0) is 11.6 Å². The molecule has 7 nitrogen and oxygen atoms in total. The fraction of sp³-hybridized carbons (Fsp3) is 0.583. The summed E-state index contributed by atoms with van der Waals surface area (Å²) in [5.74, 6) is 0. The van der Waals surface area contributed by atoms with Crippen LogP contribution in [0.3, 0.4) is 0 Å². The second-order valence-corrected chi connectivity index (χ2v) is 5.13. The Hall–Kier alpha value is -1.44. The lowest BCUT2D eigenvalue weighted by Gasteiger charge is -2.26. The van der Waals surface area contributed by atoms with Crippen LogP contribution < -0.4 is 5.69 Å². The lowest BCUT2D eigenvalue weighted by Crippen LogP contribution is -2.39. The number of aryl methyl sites for hydroxylation is 1. The van der Waals surface area contributed by atoms with E-state index in [1.54, 1.807) is 22.4 Å². The minimum Gasteiger partial charge on any atom is -0.379 e. The summed E-state index contributed by atoms with van der Waals surface area (Å²) in [6.07, 6.45) is 1.58. The van der Waals surface area contributed by atoms with Gasteiger partial charge < -0.3 is 4.74 Å². The van der Waals surface area contributed by atoms with Crippen molar-refractivity contribution in [1.82, 2.24) is 24.0 Å². The Bertz CT molecular complexity index is 674. The van der Waals surface area contributed by atoms with Gasteiger partial charge >= 0.3 is 5.69 Å². The van der Waals surface area contributed by atoms with Gasteiger partial charge in [-0.1, -0.05) is 0 Å². The van der Waals surface area contributed by atoms with Crippen LogP contribution in [-0.2, 0) is 18.3 Å². The highest BCUT2D eigenvalue weighted by Crippen LogP contribution is 2.11. The maximum absolute atomic E-state index is 12.2. The molecular formula is C12H16ClN5O2. The molecule has 0 atom stereocenters. The first kappa shape index (κ1) is 13.5. The Labute approximate surface area is 120 Å². The molecule has 0 unspecified atom stereocenters. The molecule has 3 heterocycles. The van der Waals surface area contributed by atoms with Gasteiger partial charge in [-0.3, -0.25) is 14.0 Å². The zero-order valence-electron chi connectivity index (χ0n) is 11.3. The molecule has 0 amide bonds. The summed E-state index contributed by atoms with van der Waals surface area (Å²) in [7, 11) is 1.72. The first-order valence-electron chi connectivity index (χ1n) is 6.54. The maximum atomic E-state index is 12.2. The first-order valence-corrected chi connectivity index (χ1v) is 6.92. The summed E-state index contributed by atoms with van der Waals surface area (Å²) in [6.45, 7) is 4.68. The largest absolute Gasteiger partial charge is 0.379 e. The van der Waals surface area contributed by atoms with Crippen molar-refractivity contribution in [3.8, 4) is 0 Å². The van der Waals surface area contributed by atoms with Crippen molar-refractivity contribution in [1.29, 1.82) is 0 Å². The number of halogens is 1. The van der Waals surface area contributed by atoms with Gasteiger partial charge in [0.1, 0.15) is 5.52 Å². The van der Waals surface area contributed by atoms with Gasteiger partial charge in [-0.2, -0.15) is 4.98 Å². The highest BCUT2D eigenvalue weighted by Gasteiger charge is 2.15. The molecule has 0 spiro atoms. The highest BCUT2D eigenvalue weighted by atomic mass is 35.5. The van der Waals surface area contributed by atoms with Crippen LogP contribution in [0.2, 0.25) is 5.28 Å². The highest BCUT2D eigenvalue weighted by molar-refractivity contribution is 6.28. The van der Waals surface area contributed by atoms with Crippen molar-refractivity contribution < 1.29 is 4.74 Å². The molecule has 2 aromatic heterocycles. The summed E-state index contributed by atoms with van der Waals surface area (Å²) in [4.78, 5) is 22.6. The number of aromatic nitrogens is 4. The van der Waals surface area contributed by atoms with E-state index >= 15 is 0 Å². The predicted octanol–water partition coefficient (Wildman–Crippen LogP) is 0.116. The van der Waals surface area contributed by atoms with Gasteiger partial charge in [-0.15, -0.1) is 0 Å². The van der Waals surface area contributed by atoms with Crippen molar-refractivity contribution in [3.05, 3.63) is 22.0 Å². The molecule has 20 heavy (non-hydrogen) atoms. The number of rotatable bonds is 3. The van der Waals surface area contributed by atoms with Crippen LogP contribution >= 0.6 is 11.6 Å². The molecule has 1 aliphatic heterocycles. The molecule has 3 rings (SSSR count). The van der Waals surface area contributed by atoms with E-state index in [9.17, 15) is 4.79 Å². The van der Waals surface area contributed by atoms with Crippen LogP contribution in [-0.4, -0.2) is 56.9 Å². The standard InChI is InChI=1S/C12H16ClN5O2/c1-16-9-8-14-11(13)15-10(9)18(12(16)19)3-2-17-4-6-20-7-5-17/h8H,2-7H2,1H3. The van der Waals surface area contributed by atoms with E-state index in [1.807, 2.05) is 0 Å². The SMILES string of the molecule is Cn1c(=O)n(CCN2CCOCC2)c2nc(Cl)ncc21. The van der Waals surface area contributed by atoms with Gasteiger partial charge in [0.2, 0.25) is 5.28 Å². The van der Waals surface area contributed by atoms with E-state index in [-0.39, 0.29) is 11.0 Å². The minimum atomic E-state index is -0.0928. The molecule has 108 valence electrons. The second kappa shape index (κ2) is 5.51. The third kappa shape index (κ3) is 2.44. The van der Waals surface area contributed by atoms with E-state index in [0.717, 1.165) is 32.8 Å². The first-order chi connectivity index (χ1) is 9.66. The van der Waals surface area contributed by atoms with Crippen LogP contribution in [0, 0.1) is 0 Å². The molecule has 0 saturated carbocycles. The van der Waals surface area contributed by atoms with Gasteiger partial charge in [0.05, 0.1) is 19.4 Å². The topological polar surface area (TPSA) is 65.2 Å². The number of imidazole rings is 1. The molecule has 0 radical (unpaired) electrons. The van der Waals surface area contributed by atoms with Crippen molar-refractivity contribution in [3.63, 3.8) is 0 Å². The van der Waals surface area contributed by atoms with E-state index in [2.05, 4.69) is 14.9 Å². The normalized spacial score (nSPS) is 16.9. The van der Waals surface area contributed by atoms with Crippen LogP contribution in [0.5, 0.6) is 0 Å². The fourth-order valence-corrected chi connectivity index (χ4v) is 2.55. The Kier molecular flexibility index (Phi) is 3.73. The smallest absolute Gasteiger partial charge is 0.330 e. The quantitative estimate of drug-likeness (QED) is 0.753. The van der Waals surface area contributed by atoms with Gasteiger partial charge in [0.25, 0.3) is 0 Å². The Morgan fingerprint density at radius 3 is 2.85 bits per heavy atom. The summed E-state index contributed by atoms with van der Waals surface area (Å²) >= 11 is 5.83. The van der Waals surface area contributed by atoms with Crippen LogP contribution in [0.4, 0.5) is 0 Å². The van der Waals surface area contributed by atoms with Crippen molar-refractivity contribution in [2.75, 3.05) is 32.8 Å². The molecule has 0 N–H and O–H groups in total. The van der Waals surface area contributed by atoms with Crippen molar-refractivity contribution >= 4 is 22.8 Å². The van der Waals surface area contributed by atoms with Crippen LogP contribution in [0.1, 0.15) is 0 Å². The minimum absolute atomic E-state index is 0.0928. The third-order valence-corrected chi connectivity index (χ3v) is 3.78. The van der Waals surface area contributed by atoms with E-state index in [1.165, 1.54) is 0 Å². The molecule has 1 saturated heterocycles.